The highest BCUT2D eigenvalue weighted by atomic mass is 16.5. The SMILES string of the molecule is COCCNCC(=O)NCCC1CCOC1. The standard InChI is InChI=1S/C11H22N2O3/c1-15-7-5-12-8-11(14)13-4-2-10-3-6-16-9-10/h10,12H,2-9H2,1H3,(H,13,14). The van der Waals surface area contributed by atoms with Crippen LogP contribution in [0.2, 0.25) is 0 Å². The average Bonchev–Trinajstić information content (AvgIpc) is 2.77. The molecule has 1 rings (SSSR count). The third-order valence-corrected chi connectivity index (χ3v) is 2.67. The van der Waals surface area contributed by atoms with Crippen LogP contribution in [0.3, 0.4) is 0 Å². The van der Waals surface area contributed by atoms with Crippen molar-refractivity contribution in [2.45, 2.75) is 12.8 Å². The Bertz CT molecular complexity index is 194. The Morgan fingerprint density at radius 1 is 1.50 bits per heavy atom. The van der Waals surface area contributed by atoms with Gasteiger partial charge in [-0.1, -0.05) is 0 Å². The number of ether oxygens (including phenoxy) is 2. The van der Waals surface area contributed by atoms with E-state index in [9.17, 15) is 4.79 Å². The molecule has 1 amide bonds. The second-order valence-electron chi connectivity index (χ2n) is 4.04. The zero-order valence-corrected chi connectivity index (χ0v) is 9.96. The van der Waals surface area contributed by atoms with Gasteiger partial charge in [-0.25, -0.2) is 0 Å². The van der Waals surface area contributed by atoms with Crippen molar-refractivity contribution in [2.75, 3.05) is 46.6 Å². The van der Waals surface area contributed by atoms with Crippen LogP contribution in [0.25, 0.3) is 0 Å². The zero-order chi connectivity index (χ0) is 11.6. The minimum absolute atomic E-state index is 0.0509. The first-order chi connectivity index (χ1) is 7.83. The fraction of sp³-hybridized carbons (Fsp3) is 0.909. The third-order valence-electron chi connectivity index (χ3n) is 2.67. The van der Waals surface area contributed by atoms with Crippen molar-refractivity contribution in [3.05, 3.63) is 0 Å². The van der Waals surface area contributed by atoms with E-state index in [0.29, 0.717) is 25.6 Å². The Kier molecular flexibility index (Phi) is 7.12. The van der Waals surface area contributed by atoms with Crippen LogP contribution >= 0.6 is 0 Å². The van der Waals surface area contributed by atoms with Gasteiger partial charge >= 0.3 is 0 Å². The van der Waals surface area contributed by atoms with E-state index in [2.05, 4.69) is 10.6 Å². The van der Waals surface area contributed by atoms with E-state index in [1.165, 1.54) is 0 Å². The summed E-state index contributed by atoms with van der Waals surface area (Å²) in [6.45, 7) is 4.18. The van der Waals surface area contributed by atoms with Gasteiger partial charge in [0.2, 0.25) is 5.91 Å². The van der Waals surface area contributed by atoms with Crippen LogP contribution < -0.4 is 10.6 Å². The molecule has 1 saturated heterocycles. The van der Waals surface area contributed by atoms with Crippen LogP contribution in [0, 0.1) is 5.92 Å². The zero-order valence-electron chi connectivity index (χ0n) is 9.96. The van der Waals surface area contributed by atoms with Crippen molar-refractivity contribution >= 4 is 5.91 Å². The first-order valence-corrected chi connectivity index (χ1v) is 5.87. The van der Waals surface area contributed by atoms with Gasteiger partial charge < -0.3 is 20.1 Å². The van der Waals surface area contributed by atoms with Gasteiger partial charge in [0.15, 0.2) is 0 Å². The first kappa shape index (κ1) is 13.4. The lowest BCUT2D eigenvalue weighted by Gasteiger charge is -2.09. The average molecular weight is 230 g/mol. The van der Waals surface area contributed by atoms with Crippen molar-refractivity contribution in [3.8, 4) is 0 Å². The first-order valence-electron chi connectivity index (χ1n) is 5.87. The summed E-state index contributed by atoms with van der Waals surface area (Å²) in [5, 5.41) is 5.89. The molecule has 0 aliphatic carbocycles. The van der Waals surface area contributed by atoms with E-state index in [0.717, 1.165) is 32.6 Å². The second kappa shape index (κ2) is 8.50. The van der Waals surface area contributed by atoms with E-state index >= 15 is 0 Å². The topological polar surface area (TPSA) is 59.6 Å². The van der Waals surface area contributed by atoms with Gasteiger partial charge in [-0.15, -0.1) is 0 Å². The molecule has 0 bridgehead atoms. The summed E-state index contributed by atoms with van der Waals surface area (Å²) in [5.41, 5.74) is 0. The van der Waals surface area contributed by atoms with E-state index in [1.54, 1.807) is 7.11 Å². The summed E-state index contributed by atoms with van der Waals surface area (Å²) in [6.07, 6.45) is 2.14. The maximum Gasteiger partial charge on any atom is 0.233 e. The molecule has 0 saturated carbocycles. The van der Waals surface area contributed by atoms with Crippen LogP contribution in [0.5, 0.6) is 0 Å². The molecular weight excluding hydrogens is 208 g/mol. The molecule has 94 valence electrons. The summed E-state index contributed by atoms with van der Waals surface area (Å²) in [5.74, 6) is 0.678. The molecule has 0 radical (unpaired) electrons. The van der Waals surface area contributed by atoms with Crippen molar-refractivity contribution in [1.82, 2.24) is 10.6 Å². The van der Waals surface area contributed by atoms with Gasteiger partial charge in [0.25, 0.3) is 0 Å². The molecule has 1 fully saturated rings. The normalized spacial score (nSPS) is 19.9. The molecular formula is C11H22N2O3. The fourth-order valence-corrected chi connectivity index (χ4v) is 1.67. The Labute approximate surface area is 96.9 Å². The number of methoxy groups -OCH3 is 1. The molecule has 2 N–H and O–H groups in total. The molecule has 16 heavy (non-hydrogen) atoms. The van der Waals surface area contributed by atoms with Gasteiger partial charge in [0.1, 0.15) is 0 Å². The minimum Gasteiger partial charge on any atom is -0.383 e. The van der Waals surface area contributed by atoms with Gasteiger partial charge in [0.05, 0.1) is 13.2 Å². The number of hydrogen-bond donors (Lipinski definition) is 2. The number of amides is 1. The molecule has 5 heteroatoms. The minimum atomic E-state index is 0.0509. The molecule has 0 aromatic heterocycles. The van der Waals surface area contributed by atoms with Crippen molar-refractivity contribution in [3.63, 3.8) is 0 Å². The number of carbonyl (C=O) groups excluding carboxylic acids is 1. The third kappa shape index (κ3) is 6.05. The lowest BCUT2D eigenvalue weighted by Crippen LogP contribution is -2.36. The Balaban J connectivity index is 1.89. The molecule has 0 spiro atoms. The highest BCUT2D eigenvalue weighted by Gasteiger charge is 2.15. The smallest absolute Gasteiger partial charge is 0.233 e. The van der Waals surface area contributed by atoms with E-state index in [4.69, 9.17) is 9.47 Å². The predicted octanol–water partition coefficient (Wildman–Crippen LogP) is -0.235. The number of carbonyl (C=O) groups is 1. The second-order valence-corrected chi connectivity index (χ2v) is 4.04. The van der Waals surface area contributed by atoms with Crippen LogP contribution in [-0.4, -0.2) is 52.5 Å². The summed E-state index contributed by atoms with van der Waals surface area (Å²) in [4.78, 5) is 11.3. The summed E-state index contributed by atoms with van der Waals surface area (Å²) < 4.78 is 10.1. The molecule has 1 unspecified atom stereocenters. The maximum atomic E-state index is 11.3. The number of hydrogen-bond acceptors (Lipinski definition) is 4. The van der Waals surface area contributed by atoms with Gasteiger partial charge in [-0.2, -0.15) is 0 Å². The summed E-state index contributed by atoms with van der Waals surface area (Å²) >= 11 is 0. The van der Waals surface area contributed by atoms with Gasteiger partial charge in [-0.05, 0) is 18.8 Å². The monoisotopic (exact) mass is 230 g/mol. The van der Waals surface area contributed by atoms with E-state index < -0.39 is 0 Å². The van der Waals surface area contributed by atoms with E-state index in [-0.39, 0.29) is 5.91 Å². The maximum absolute atomic E-state index is 11.3. The lowest BCUT2D eigenvalue weighted by molar-refractivity contribution is -0.120. The van der Waals surface area contributed by atoms with Crippen molar-refractivity contribution in [2.24, 2.45) is 5.92 Å². The van der Waals surface area contributed by atoms with Crippen LogP contribution in [-0.2, 0) is 14.3 Å². The van der Waals surface area contributed by atoms with E-state index in [1.807, 2.05) is 0 Å². The van der Waals surface area contributed by atoms with Crippen molar-refractivity contribution in [1.29, 1.82) is 0 Å². The predicted molar refractivity (Wildman–Crippen MR) is 61.3 cm³/mol. The molecule has 0 aromatic carbocycles. The molecule has 1 aliphatic heterocycles. The molecule has 1 aliphatic rings. The Hall–Kier alpha value is -0.650. The molecule has 5 nitrogen and oxygen atoms in total. The Morgan fingerprint density at radius 2 is 2.38 bits per heavy atom. The number of nitrogens with one attached hydrogen (secondary N) is 2. The van der Waals surface area contributed by atoms with Crippen LogP contribution in [0.4, 0.5) is 0 Å². The van der Waals surface area contributed by atoms with Gasteiger partial charge in [0, 0.05) is 33.4 Å². The quantitative estimate of drug-likeness (QED) is 0.565. The molecule has 1 atom stereocenters. The highest BCUT2D eigenvalue weighted by molar-refractivity contribution is 5.77. The molecule has 1 heterocycles. The summed E-state index contributed by atoms with van der Waals surface area (Å²) in [7, 11) is 1.64. The Morgan fingerprint density at radius 3 is 3.06 bits per heavy atom. The van der Waals surface area contributed by atoms with Crippen LogP contribution in [0.15, 0.2) is 0 Å². The highest BCUT2D eigenvalue weighted by Crippen LogP contribution is 2.14. The lowest BCUT2D eigenvalue weighted by atomic mass is 10.1. The summed E-state index contributed by atoms with van der Waals surface area (Å²) in [6, 6.07) is 0. The largest absolute Gasteiger partial charge is 0.383 e. The molecule has 0 aromatic rings. The fourth-order valence-electron chi connectivity index (χ4n) is 1.67. The number of rotatable bonds is 8. The van der Waals surface area contributed by atoms with Crippen LogP contribution in [0.1, 0.15) is 12.8 Å². The van der Waals surface area contributed by atoms with Gasteiger partial charge in [-0.3, -0.25) is 4.79 Å². The van der Waals surface area contributed by atoms with Crippen molar-refractivity contribution < 1.29 is 14.3 Å².